The van der Waals surface area contributed by atoms with Crippen LogP contribution >= 0.6 is 0 Å². The summed E-state index contributed by atoms with van der Waals surface area (Å²) in [4.78, 5) is 0. The molecule has 1 aromatic rings. The van der Waals surface area contributed by atoms with Gasteiger partial charge in [0.25, 0.3) is 0 Å². The Labute approximate surface area is 71.8 Å². The summed E-state index contributed by atoms with van der Waals surface area (Å²) in [5.41, 5.74) is 2.40. The molecule has 0 radical (unpaired) electrons. The van der Waals surface area contributed by atoms with Crippen molar-refractivity contribution in [2.45, 2.75) is 18.9 Å². The molecule has 0 heterocycles. The maximum absolute atomic E-state index is 9.41. The van der Waals surface area contributed by atoms with Crippen molar-refractivity contribution in [1.29, 1.82) is 0 Å². The van der Waals surface area contributed by atoms with Crippen LogP contribution in [0.1, 0.15) is 11.1 Å². The SMILES string of the molecule is COc1cccc2c1CC(O)C2. The van der Waals surface area contributed by atoms with Crippen LogP contribution in [0.5, 0.6) is 5.75 Å². The maximum atomic E-state index is 9.41. The second-order valence-corrected chi connectivity index (χ2v) is 3.16. The van der Waals surface area contributed by atoms with Crippen molar-refractivity contribution in [3.63, 3.8) is 0 Å². The van der Waals surface area contributed by atoms with E-state index < -0.39 is 0 Å². The van der Waals surface area contributed by atoms with E-state index in [1.807, 2.05) is 18.2 Å². The fourth-order valence-corrected chi connectivity index (χ4v) is 1.79. The van der Waals surface area contributed by atoms with Gasteiger partial charge < -0.3 is 9.84 Å². The molecule has 1 aliphatic carbocycles. The number of fused-ring (bicyclic) bond motifs is 1. The molecule has 1 aliphatic rings. The highest BCUT2D eigenvalue weighted by molar-refractivity contribution is 5.43. The predicted octanol–water partition coefficient (Wildman–Crippen LogP) is 1.15. The molecule has 1 N–H and O–H groups in total. The zero-order valence-corrected chi connectivity index (χ0v) is 7.08. The zero-order chi connectivity index (χ0) is 8.55. The molecule has 0 bridgehead atoms. The molecular formula is C10H12O2. The standard InChI is InChI=1S/C10H12O2/c1-12-10-4-2-3-7-5-8(11)6-9(7)10/h2-4,8,11H,5-6H2,1H3. The van der Waals surface area contributed by atoms with Gasteiger partial charge in [-0.25, -0.2) is 0 Å². The number of hydrogen-bond acceptors (Lipinski definition) is 2. The highest BCUT2D eigenvalue weighted by atomic mass is 16.5. The van der Waals surface area contributed by atoms with E-state index in [2.05, 4.69) is 0 Å². The number of rotatable bonds is 1. The molecule has 0 aromatic heterocycles. The Morgan fingerprint density at radius 2 is 2.25 bits per heavy atom. The van der Waals surface area contributed by atoms with Crippen LogP contribution in [-0.4, -0.2) is 18.3 Å². The van der Waals surface area contributed by atoms with Crippen LogP contribution in [0.25, 0.3) is 0 Å². The lowest BCUT2D eigenvalue weighted by molar-refractivity contribution is 0.186. The van der Waals surface area contributed by atoms with Gasteiger partial charge in [0.2, 0.25) is 0 Å². The molecule has 0 saturated heterocycles. The van der Waals surface area contributed by atoms with Crippen molar-refractivity contribution in [2.75, 3.05) is 7.11 Å². The van der Waals surface area contributed by atoms with Gasteiger partial charge in [-0.1, -0.05) is 12.1 Å². The molecule has 2 nitrogen and oxygen atoms in total. The normalized spacial score (nSPS) is 20.7. The Bertz CT molecular complexity index is 294. The first-order valence-corrected chi connectivity index (χ1v) is 4.14. The second-order valence-electron chi connectivity index (χ2n) is 3.16. The van der Waals surface area contributed by atoms with Crippen LogP contribution in [0.3, 0.4) is 0 Å². The van der Waals surface area contributed by atoms with Crippen molar-refractivity contribution >= 4 is 0 Å². The van der Waals surface area contributed by atoms with Gasteiger partial charge in [0.05, 0.1) is 13.2 Å². The summed E-state index contributed by atoms with van der Waals surface area (Å²) in [5, 5.41) is 9.41. The molecule has 0 spiro atoms. The van der Waals surface area contributed by atoms with Gasteiger partial charge >= 0.3 is 0 Å². The lowest BCUT2D eigenvalue weighted by Gasteiger charge is -2.05. The van der Waals surface area contributed by atoms with Gasteiger partial charge in [0.15, 0.2) is 0 Å². The first-order chi connectivity index (χ1) is 5.81. The van der Waals surface area contributed by atoms with Gasteiger partial charge in [-0.05, 0) is 23.6 Å². The topological polar surface area (TPSA) is 29.5 Å². The fraction of sp³-hybridized carbons (Fsp3) is 0.400. The predicted molar refractivity (Wildman–Crippen MR) is 46.4 cm³/mol. The Kier molecular flexibility index (Phi) is 1.77. The molecule has 0 fully saturated rings. The van der Waals surface area contributed by atoms with Crippen molar-refractivity contribution in [2.24, 2.45) is 0 Å². The minimum absolute atomic E-state index is 0.212. The molecule has 64 valence electrons. The van der Waals surface area contributed by atoms with E-state index in [-0.39, 0.29) is 6.10 Å². The summed E-state index contributed by atoms with van der Waals surface area (Å²) in [6.07, 6.45) is 1.29. The monoisotopic (exact) mass is 164 g/mol. The molecule has 12 heavy (non-hydrogen) atoms. The minimum atomic E-state index is -0.212. The molecule has 1 aromatic carbocycles. The van der Waals surface area contributed by atoms with Crippen LogP contribution in [0.2, 0.25) is 0 Å². The fourth-order valence-electron chi connectivity index (χ4n) is 1.79. The molecule has 1 unspecified atom stereocenters. The summed E-state index contributed by atoms with van der Waals surface area (Å²) < 4.78 is 5.19. The third kappa shape index (κ3) is 1.08. The number of methoxy groups -OCH3 is 1. The molecular weight excluding hydrogens is 152 g/mol. The van der Waals surface area contributed by atoms with Crippen molar-refractivity contribution in [1.82, 2.24) is 0 Å². The van der Waals surface area contributed by atoms with Gasteiger partial charge in [0.1, 0.15) is 5.75 Å². The Morgan fingerprint density at radius 3 is 3.00 bits per heavy atom. The van der Waals surface area contributed by atoms with E-state index >= 15 is 0 Å². The number of hydrogen-bond donors (Lipinski definition) is 1. The van der Waals surface area contributed by atoms with Crippen LogP contribution in [0.4, 0.5) is 0 Å². The summed E-state index contributed by atoms with van der Waals surface area (Å²) in [5.74, 6) is 0.907. The Balaban J connectivity index is 2.44. The molecule has 1 atom stereocenters. The third-order valence-electron chi connectivity index (χ3n) is 2.35. The van der Waals surface area contributed by atoms with Crippen LogP contribution < -0.4 is 4.74 Å². The lowest BCUT2D eigenvalue weighted by Crippen LogP contribution is -2.03. The van der Waals surface area contributed by atoms with E-state index in [1.165, 1.54) is 11.1 Å². The second kappa shape index (κ2) is 2.79. The summed E-state index contributed by atoms with van der Waals surface area (Å²) in [6.45, 7) is 0. The number of benzene rings is 1. The van der Waals surface area contributed by atoms with Crippen molar-refractivity contribution < 1.29 is 9.84 Å². The number of aliphatic hydroxyl groups is 1. The van der Waals surface area contributed by atoms with E-state index in [9.17, 15) is 5.11 Å². The van der Waals surface area contributed by atoms with Crippen LogP contribution in [-0.2, 0) is 12.8 Å². The third-order valence-corrected chi connectivity index (χ3v) is 2.35. The quantitative estimate of drug-likeness (QED) is 0.674. The van der Waals surface area contributed by atoms with Crippen LogP contribution in [0, 0.1) is 0 Å². The molecule has 0 saturated carbocycles. The van der Waals surface area contributed by atoms with Crippen molar-refractivity contribution in [3.05, 3.63) is 29.3 Å². The molecule has 2 rings (SSSR count). The van der Waals surface area contributed by atoms with Gasteiger partial charge in [0, 0.05) is 6.42 Å². The van der Waals surface area contributed by atoms with Gasteiger partial charge in [-0.15, -0.1) is 0 Å². The number of aliphatic hydroxyl groups excluding tert-OH is 1. The maximum Gasteiger partial charge on any atom is 0.122 e. The molecule has 2 heteroatoms. The van der Waals surface area contributed by atoms with E-state index in [1.54, 1.807) is 7.11 Å². The smallest absolute Gasteiger partial charge is 0.122 e. The highest BCUT2D eigenvalue weighted by Gasteiger charge is 2.21. The first-order valence-electron chi connectivity index (χ1n) is 4.14. The largest absolute Gasteiger partial charge is 0.496 e. The van der Waals surface area contributed by atoms with Gasteiger partial charge in [-0.2, -0.15) is 0 Å². The van der Waals surface area contributed by atoms with Gasteiger partial charge in [-0.3, -0.25) is 0 Å². The summed E-state index contributed by atoms with van der Waals surface area (Å²) in [7, 11) is 1.67. The average Bonchev–Trinajstić information content (AvgIpc) is 2.44. The summed E-state index contributed by atoms with van der Waals surface area (Å²) >= 11 is 0. The van der Waals surface area contributed by atoms with Crippen molar-refractivity contribution in [3.8, 4) is 5.75 Å². The van der Waals surface area contributed by atoms with E-state index in [0.717, 1.165) is 18.6 Å². The van der Waals surface area contributed by atoms with E-state index in [4.69, 9.17) is 4.74 Å². The zero-order valence-electron chi connectivity index (χ0n) is 7.08. The highest BCUT2D eigenvalue weighted by Crippen LogP contribution is 2.30. The Hall–Kier alpha value is -1.02. The average molecular weight is 164 g/mol. The lowest BCUT2D eigenvalue weighted by atomic mass is 10.1. The summed E-state index contributed by atoms with van der Waals surface area (Å²) in [6, 6.07) is 5.96. The number of ether oxygens (including phenoxy) is 1. The first kappa shape index (κ1) is 7.62. The molecule has 0 aliphatic heterocycles. The van der Waals surface area contributed by atoms with Crippen LogP contribution in [0.15, 0.2) is 18.2 Å². The van der Waals surface area contributed by atoms with E-state index in [0.29, 0.717) is 0 Å². The Morgan fingerprint density at radius 1 is 1.42 bits per heavy atom. The molecule has 0 amide bonds. The minimum Gasteiger partial charge on any atom is -0.496 e.